The number of carbonyl (C=O) groups excluding carboxylic acids is 2. The highest BCUT2D eigenvalue weighted by Gasteiger charge is 2.29. The first-order valence-electron chi connectivity index (χ1n) is 7.00. The van der Waals surface area contributed by atoms with Gasteiger partial charge in [0.1, 0.15) is 0 Å². The summed E-state index contributed by atoms with van der Waals surface area (Å²) in [6.45, 7) is 2.97. The Kier molecular flexibility index (Phi) is 4.67. The number of ether oxygens (including phenoxy) is 1. The first kappa shape index (κ1) is 15.2. The lowest BCUT2D eigenvalue weighted by atomic mass is 9.97. The van der Waals surface area contributed by atoms with Crippen LogP contribution in [-0.2, 0) is 9.53 Å². The fourth-order valence-electron chi connectivity index (χ4n) is 2.45. The van der Waals surface area contributed by atoms with Crippen molar-refractivity contribution < 1.29 is 24.5 Å². The van der Waals surface area contributed by atoms with Crippen molar-refractivity contribution in [1.29, 1.82) is 0 Å². The number of aromatic hydroxyl groups is 2. The van der Waals surface area contributed by atoms with Gasteiger partial charge in [0, 0.05) is 18.7 Å². The van der Waals surface area contributed by atoms with Gasteiger partial charge in [-0.05, 0) is 38.0 Å². The maximum Gasteiger partial charge on any atom is 0.310 e. The van der Waals surface area contributed by atoms with E-state index in [1.165, 1.54) is 18.2 Å². The van der Waals surface area contributed by atoms with Crippen molar-refractivity contribution in [3.05, 3.63) is 23.8 Å². The van der Waals surface area contributed by atoms with E-state index in [1.54, 1.807) is 11.8 Å². The van der Waals surface area contributed by atoms with Crippen molar-refractivity contribution in [1.82, 2.24) is 4.90 Å². The molecule has 21 heavy (non-hydrogen) atoms. The molecule has 6 nitrogen and oxygen atoms in total. The average molecular weight is 293 g/mol. The number of nitrogens with zero attached hydrogens (tertiary/aromatic N) is 1. The molecule has 0 unspecified atom stereocenters. The number of amides is 1. The molecule has 0 radical (unpaired) electrons. The smallest absolute Gasteiger partial charge is 0.310 e. The molecule has 2 N–H and O–H groups in total. The topological polar surface area (TPSA) is 87.1 Å². The molecule has 1 heterocycles. The number of hydrogen-bond acceptors (Lipinski definition) is 5. The van der Waals surface area contributed by atoms with Crippen LogP contribution in [0.1, 0.15) is 30.1 Å². The third kappa shape index (κ3) is 3.45. The van der Waals surface area contributed by atoms with Crippen LogP contribution in [0.25, 0.3) is 0 Å². The van der Waals surface area contributed by atoms with Gasteiger partial charge in [0.15, 0.2) is 11.5 Å². The highest BCUT2D eigenvalue weighted by atomic mass is 16.5. The molecule has 1 saturated heterocycles. The predicted octanol–water partition coefficient (Wildman–Crippen LogP) is 1.51. The number of likely N-dealkylation sites (tertiary alicyclic amines) is 1. The molecule has 6 heteroatoms. The summed E-state index contributed by atoms with van der Waals surface area (Å²) in [4.78, 5) is 25.7. The second-order valence-electron chi connectivity index (χ2n) is 5.05. The highest BCUT2D eigenvalue weighted by molar-refractivity contribution is 5.95. The lowest BCUT2D eigenvalue weighted by molar-refractivity contribution is -0.149. The van der Waals surface area contributed by atoms with Gasteiger partial charge in [0.25, 0.3) is 5.91 Å². The third-order valence-corrected chi connectivity index (χ3v) is 3.55. The number of phenols is 2. The zero-order chi connectivity index (χ0) is 15.4. The summed E-state index contributed by atoms with van der Waals surface area (Å²) in [6.07, 6.45) is 1.45. The predicted molar refractivity (Wildman–Crippen MR) is 75.0 cm³/mol. The van der Waals surface area contributed by atoms with Gasteiger partial charge in [-0.15, -0.1) is 0 Å². The van der Waals surface area contributed by atoms with E-state index in [2.05, 4.69) is 0 Å². The second kappa shape index (κ2) is 6.47. The fourth-order valence-corrected chi connectivity index (χ4v) is 2.45. The number of phenolic OH excluding ortho intramolecular Hbond substituents is 2. The summed E-state index contributed by atoms with van der Waals surface area (Å²) in [5.41, 5.74) is 0.287. The summed E-state index contributed by atoms with van der Waals surface area (Å²) in [5.74, 6) is -1.44. The van der Waals surface area contributed by atoms with Gasteiger partial charge in [-0.2, -0.15) is 0 Å². The van der Waals surface area contributed by atoms with Gasteiger partial charge in [-0.25, -0.2) is 0 Å². The minimum atomic E-state index is -0.334. The molecule has 114 valence electrons. The molecule has 1 fully saturated rings. The Balaban J connectivity index is 2.08. The number of piperidine rings is 1. The molecule has 0 aromatic heterocycles. The largest absolute Gasteiger partial charge is 0.504 e. The van der Waals surface area contributed by atoms with E-state index in [1.807, 2.05) is 0 Å². The van der Waals surface area contributed by atoms with Crippen LogP contribution in [0.15, 0.2) is 18.2 Å². The Labute approximate surface area is 122 Å². The van der Waals surface area contributed by atoms with Crippen LogP contribution in [0.5, 0.6) is 11.5 Å². The van der Waals surface area contributed by atoms with Crippen molar-refractivity contribution in [3.8, 4) is 11.5 Å². The van der Waals surface area contributed by atoms with Gasteiger partial charge in [-0.1, -0.05) is 0 Å². The molecule has 1 aromatic carbocycles. The monoisotopic (exact) mass is 293 g/mol. The quantitative estimate of drug-likeness (QED) is 0.651. The number of benzene rings is 1. The number of hydrogen-bond donors (Lipinski definition) is 2. The maximum atomic E-state index is 12.4. The second-order valence-corrected chi connectivity index (χ2v) is 5.05. The van der Waals surface area contributed by atoms with Crippen LogP contribution in [-0.4, -0.2) is 46.7 Å². The van der Waals surface area contributed by atoms with Gasteiger partial charge in [-0.3, -0.25) is 9.59 Å². The van der Waals surface area contributed by atoms with E-state index in [-0.39, 0.29) is 34.9 Å². The molecule has 0 bridgehead atoms. The molecular weight excluding hydrogens is 274 g/mol. The lowest BCUT2D eigenvalue weighted by Crippen LogP contribution is -2.42. The third-order valence-electron chi connectivity index (χ3n) is 3.55. The van der Waals surface area contributed by atoms with E-state index in [0.29, 0.717) is 26.1 Å². The standard InChI is InChI=1S/C15H19NO5/c1-2-21-15(20)11-4-3-7-16(9-11)14(19)10-5-6-12(17)13(18)8-10/h5-6,8,11,17-18H,2-4,7,9H2,1H3/t11-/m1/s1. The van der Waals surface area contributed by atoms with Crippen LogP contribution in [0.4, 0.5) is 0 Å². The average Bonchev–Trinajstić information content (AvgIpc) is 2.49. The van der Waals surface area contributed by atoms with Gasteiger partial charge in [0.2, 0.25) is 0 Å². The van der Waals surface area contributed by atoms with E-state index >= 15 is 0 Å². The van der Waals surface area contributed by atoms with E-state index in [0.717, 1.165) is 6.42 Å². The molecule has 1 aliphatic rings. The molecule has 0 spiro atoms. The lowest BCUT2D eigenvalue weighted by Gasteiger charge is -2.31. The van der Waals surface area contributed by atoms with Crippen molar-refractivity contribution in [3.63, 3.8) is 0 Å². The minimum absolute atomic E-state index is 0.265. The normalized spacial score (nSPS) is 18.3. The zero-order valence-electron chi connectivity index (χ0n) is 11.9. The fraction of sp³-hybridized carbons (Fsp3) is 0.467. The molecule has 0 saturated carbocycles. The Morgan fingerprint density at radius 2 is 2.10 bits per heavy atom. The SMILES string of the molecule is CCOC(=O)[C@@H]1CCCN(C(=O)c2ccc(O)c(O)c2)C1. The van der Waals surface area contributed by atoms with Gasteiger partial charge in [0.05, 0.1) is 12.5 Å². The van der Waals surface area contributed by atoms with Crippen LogP contribution < -0.4 is 0 Å². The van der Waals surface area contributed by atoms with Gasteiger partial charge >= 0.3 is 5.97 Å². The Morgan fingerprint density at radius 1 is 1.33 bits per heavy atom. The van der Waals surface area contributed by atoms with E-state index in [9.17, 15) is 19.8 Å². The first-order valence-corrected chi connectivity index (χ1v) is 7.00. The Hall–Kier alpha value is -2.24. The maximum absolute atomic E-state index is 12.4. The Morgan fingerprint density at radius 3 is 2.76 bits per heavy atom. The van der Waals surface area contributed by atoms with Crippen LogP contribution >= 0.6 is 0 Å². The van der Waals surface area contributed by atoms with Crippen molar-refractivity contribution in [2.45, 2.75) is 19.8 Å². The molecule has 1 aromatic rings. The molecule has 1 aliphatic heterocycles. The van der Waals surface area contributed by atoms with Crippen molar-refractivity contribution in [2.24, 2.45) is 5.92 Å². The zero-order valence-corrected chi connectivity index (χ0v) is 11.9. The first-order chi connectivity index (χ1) is 10.0. The summed E-state index contributed by atoms with van der Waals surface area (Å²) in [7, 11) is 0. The van der Waals surface area contributed by atoms with E-state index in [4.69, 9.17) is 4.74 Å². The summed E-state index contributed by atoms with van der Waals surface area (Å²) < 4.78 is 5.00. The molecule has 2 rings (SSSR count). The van der Waals surface area contributed by atoms with Crippen LogP contribution in [0, 0.1) is 5.92 Å². The van der Waals surface area contributed by atoms with Gasteiger partial charge < -0.3 is 19.8 Å². The summed E-state index contributed by atoms with van der Waals surface area (Å²) >= 11 is 0. The van der Waals surface area contributed by atoms with Crippen molar-refractivity contribution >= 4 is 11.9 Å². The number of carbonyl (C=O) groups is 2. The summed E-state index contributed by atoms with van der Waals surface area (Å²) in [6, 6.07) is 3.95. The number of esters is 1. The minimum Gasteiger partial charge on any atom is -0.504 e. The Bertz CT molecular complexity index is 543. The molecule has 1 atom stereocenters. The highest BCUT2D eigenvalue weighted by Crippen LogP contribution is 2.26. The number of rotatable bonds is 3. The summed E-state index contributed by atoms with van der Waals surface area (Å²) in [5, 5.41) is 18.7. The van der Waals surface area contributed by atoms with Crippen LogP contribution in [0.3, 0.4) is 0 Å². The van der Waals surface area contributed by atoms with Crippen molar-refractivity contribution in [2.75, 3.05) is 19.7 Å². The molecule has 0 aliphatic carbocycles. The van der Waals surface area contributed by atoms with E-state index < -0.39 is 0 Å². The van der Waals surface area contributed by atoms with Crippen LogP contribution in [0.2, 0.25) is 0 Å². The molecule has 1 amide bonds. The molecular formula is C15H19NO5.